The fraction of sp³-hybridized carbons (Fsp3) is 0.625. The van der Waals surface area contributed by atoms with Gasteiger partial charge in [-0.1, -0.05) is 26.2 Å². The molecular weight excluding hydrogens is 495 g/mol. The zero-order chi connectivity index (χ0) is 23.7. The predicted molar refractivity (Wildman–Crippen MR) is 165 cm³/mol. The molecular formula is C32H54BrP. The molecule has 0 aliphatic carbocycles. The van der Waals surface area contributed by atoms with Gasteiger partial charge in [0.25, 0.3) is 0 Å². The van der Waals surface area contributed by atoms with Crippen LogP contribution in [0.25, 0.3) is 0 Å². The molecule has 0 aromatic heterocycles. The van der Waals surface area contributed by atoms with Gasteiger partial charge in [-0.25, -0.2) is 0 Å². The molecule has 2 aromatic rings. The van der Waals surface area contributed by atoms with Crippen LogP contribution in [-0.4, -0.2) is 19.5 Å². The second kappa shape index (κ2) is 17.7. The van der Waals surface area contributed by atoms with Crippen LogP contribution in [0.15, 0.2) is 60.7 Å². The molecule has 0 saturated carbocycles. The predicted octanol–water partition coefficient (Wildman–Crippen LogP) is 11.3. The van der Waals surface area contributed by atoms with Gasteiger partial charge in [0, 0.05) is 0 Å². The second-order valence-corrected chi connectivity index (χ2v) is 18.7. The van der Waals surface area contributed by atoms with E-state index in [9.17, 15) is 0 Å². The molecule has 2 rings (SSSR count). The minimum absolute atomic E-state index is 0. The van der Waals surface area contributed by atoms with Crippen molar-refractivity contribution in [1.82, 2.24) is 0 Å². The SMILES string of the molecule is Br.CCCCCCCCCCCCCCCCP(C)(C)(Cc1ccccc1)Cc1ccccc1. The summed E-state index contributed by atoms with van der Waals surface area (Å²) < 4.78 is 0. The maximum atomic E-state index is 2.66. The molecule has 0 saturated heterocycles. The summed E-state index contributed by atoms with van der Waals surface area (Å²) in [7, 11) is 0. The molecule has 0 aliphatic rings. The first-order chi connectivity index (χ1) is 16.0. The van der Waals surface area contributed by atoms with E-state index in [2.05, 4.69) is 80.9 Å². The van der Waals surface area contributed by atoms with Crippen molar-refractivity contribution in [2.75, 3.05) is 19.5 Å². The van der Waals surface area contributed by atoms with Crippen LogP contribution in [0.3, 0.4) is 0 Å². The summed E-state index contributed by atoms with van der Waals surface area (Å²) in [5, 5.41) is 0. The van der Waals surface area contributed by atoms with Gasteiger partial charge < -0.3 is 0 Å². The first-order valence-electron chi connectivity index (χ1n) is 14.1. The Hall–Kier alpha value is -0.650. The molecule has 0 atom stereocenters. The van der Waals surface area contributed by atoms with Crippen LogP contribution in [0.2, 0.25) is 0 Å². The van der Waals surface area contributed by atoms with Crippen molar-refractivity contribution in [2.24, 2.45) is 0 Å². The molecule has 0 fully saturated rings. The summed E-state index contributed by atoms with van der Waals surface area (Å²) in [4.78, 5) is 0. The molecule has 2 heteroatoms. The Morgan fingerprint density at radius 3 is 1.15 bits per heavy atom. The molecule has 0 nitrogen and oxygen atoms in total. The van der Waals surface area contributed by atoms with Crippen LogP contribution in [0.4, 0.5) is 0 Å². The average molecular weight is 550 g/mol. The zero-order valence-electron chi connectivity index (χ0n) is 22.6. The van der Waals surface area contributed by atoms with Gasteiger partial charge in [-0.3, -0.25) is 0 Å². The van der Waals surface area contributed by atoms with Gasteiger partial charge in [-0.05, 0) is 0 Å². The Morgan fingerprint density at radius 1 is 0.471 bits per heavy atom. The van der Waals surface area contributed by atoms with Crippen molar-refractivity contribution in [2.45, 2.75) is 109 Å². The van der Waals surface area contributed by atoms with Crippen molar-refractivity contribution in [3.05, 3.63) is 71.8 Å². The van der Waals surface area contributed by atoms with E-state index in [1.807, 2.05) is 0 Å². The Balaban J connectivity index is 0.00000578. The van der Waals surface area contributed by atoms with Gasteiger partial charge in [-0.2, -0.15) is 0 Å². The maximum absolute atomic E-state index is 2.66. The Morgan fingerprint density at radius 2 is 0.794 bits per heavy atom. The van der Waals surface area contributed by atoms with E-state index in [4.69, 9.17) is 0 Å². The van der Waals surface area contributed by atoms with Crippen molar-refractivity contribution < 1.29 is 0 Å². The minimum atomic E-state index is -1.82. The third kappa shape index (κ3) is 14.0. The summed E-state index contributed by atoms with van der Waals surface area (Å²) >= 11 is 0. The van der Waals surface area contributed by atoms with Crippen molar-refractivity contribution in [3.8, 4) is 0 Å². The van der Waals surface area contributed by atoms with E-state index in [0.717, 1.165) is 0 Å². The summed E-state index contributed by atoms with van der Waals surface area (Å²) in [5.41, 5.74) is 3.06. The molecule has 0 radical (unpaired) electrons. The first kappa shape index (κ1) is 31.4. The first-order valence-corrected chi connectivity index (χ1v) is 17.8. The topological polar surface area (TPSA) is 0 Å². The quantitative estimate of drug-likeness (QED) is 0.121. The monoisotopic (exact) mass is 548 g/mol. The molecule has 194 valence electrons. The third-order valence-electron chi connectivity index (χ3n) is 7.41. The van der Waals surface area contributed by atoms with Crippen molar-refractivity contribution in [3.63, 3.8) is 0 Å². The third-order valence-corrected chi connectivity index (χ3v) is 12.1. The van der Waals surface area contributed by atoms with Crippen LogP contribution in [-0.2, 0) is 12.3 Å². The summed E-state index contributed by atoms with van der Waals surface area (Å²) in [6.45, 7) is 5.80. The van der Waals surface area contributed by atoms with Crippen LogP contribution < -0.4 is 0 Å². The molecule has 34 heavy (non-hydrogen) atoms. The van der Waals surface area contributed by atoms with Gasteiger partial charge >= 0.3 is 181 Å². The Kier molecular flexibility index (Phi) is 16.4. The molecule has 0 unspecified atom stereocenters. The second-order valence-electron chi connectivity index (χ2n) is 11.6. The number of benzene rings is 2. The molecule has 0 aliphatic heterocycles. The van der Waals surface area contributed by atoms with E-state index in [-0.39, 0.29) is 17.0 Å². The fourth-order valence-electron chi connectivity index (χ4n) is 5.47. The van der Waals surface area contributed by atoms with Gasteiger partial charge in [0.05, 0.1) is 0 Å². The summed E-state index contributed by atoms with van der Waals surface area (Å²) in [6, 6.07) is 22.5. The fourth-order valence-corrected chi connectivity index (χ4v) is 10.1. The van der Waals surface area contributed by atoms with Gasteiger partial charge in [-0.15, -0.1) is 17.0 Å². The Labute approximate surface area is 223 Å². The molecule has 2 aromatic carbocycles. The van der Waals surface area contributed by atoms with Crippen molar-refractivity contribution in [1.29, 1.82) is 0 Å². The van der Waals surface area contributed by atoms with E-state index < -0.39 is 6.60 Å². The van der Waals surface area contributed by atoms with Crippen molar-refractivity contribution >= 4 is 23.6 Å². The number of hydrogen-bond acceptors (Lipinski definition) is 0. The van der Waals surface area contributed by atoms with E-state index in [1.54, 1.807) is 0 Å². The van der Waals surface area contributed by atoms with Crippen LogP contribution in [0.1, 0.15) is 108 Å². The molecule has 0 heterocycles. The van der Waals surface area contributed by atoms with Crippen LogP contribution >= 0.6 is 23.6 Å². The van der Waals surface area contributed by atoms with Gasteiger partial charge in [0.2, 0.25) is 0 Å². The molecule has 0 spiro atoms. The van der Waals surface area contributed by atoms with Gasteiger partial charge in [0.1, 0.15) is 0 Å². The summed E-state index contributed by atoms with van der Waals surface area (Å²) in [5.74, 6) is 0. The van der Waals surface area contributed by atoms with E-state index in [1.165, 1.54) is 120 Å². The molecule has 0 amide bonds. The standard InChI is InChI=1S/C32H53P.BrH/c1-4-5-6-7-8-9-10-11-12-13-14-15-16-23-28-33(2,3,29-31-24-19-17-20-25-31)30-32-26-21-18-22-27-32;/h17-22,24-27H,4-16,23,28-30H2,1-3H3;1H. The van der Waals surface area contributed by atoms with Crippen LogP contribution in [0, 0.1) is 0 Å². The van der Waals surface area contributed by atoms with Crippen LogP contribution in [0.5, 0.6) is 0 Å². The number of halogens is 1. The number of hydrogen-bond donors (Lipinski definition) is 0. The normalized spacial score (nSPS) is 12.6. The molecule has 0 N–H and O–H groups in total. The number of unbranched alkanes of at least 4 members (excludes halogenated alkanes) is 13. The Bertz CT molecular complexity index is 680. The molecule has 0 bridgehead atoms. The zero-order valence-corrected chi connectivity index (χ0v) is 25.3. The van der Waals surface area contributed by atoms with E-state index in [0.29, 0.717) is 0 Å². The van der Waals surface area contributed by atoms with Gasteiger partial charge in [0.15, 0.2) is 0 Å². The van der Waals surface area contributed by atoms with E-state index >= 15 is 0 Å². The average Bonchev–Trinajstić information content (AvgIpc) is 2.80. The summed E-state index contributed by atoms with van der Waals surface area (Å²) in [6.07, 6.45) is 24.1. The number of rotatable bonds is 19.